The number of rotatable bonds is 4. The van der Waals surface area contributed by atoms with E-state index in [1.165, 1.54) is 10.9 Å². The molecule has 0 amide bonds. The molecule has 0 aliphatic rings. The molecule has 1 heterocycles. The van der Waals surface area contributed by atoms with Gasteiger partial charge in [-0.3, -0.25) is 0 Å². The highest BCUT2D eigenvalue weighted by Gasteiger charge is 2.15. The van der Waals surface area contributed by atoms with Gasteiger partial charge in [-0.15, -0.1) is 11.3 Å². The summed E-state index contributed by atoms with van der Waals surface area (Å²) in [7, 11) is 1.92. The normalized spacial score (nSPS) is 12.7. The number of nitrogens with one attached hydrogen (secondary N) is 1. The van der Waals surface area contributed by atoms with Crippen molar-refractivity contribution in [1.29, 1.82) is 0 Å². The van der Waals surface area contributed by atoms with E-state index in [0.717, 1.165) is 24.7 Å². The smallest absolute Gasteiger partial charge is 0.124 e. The van der Waals surface area contributed by atoms with Crippen LogP contribution in [-0.2, 0) is 6.42 Å². The quantitative estimate of drug-likeness (QED) is 0.605. The van der Waals surface area contributed by atoms with Crippen molar-refractivity contribution in [2.24, 2.45) is 0 Å². The maximum atomic E-state index is 13.4. The van der Waals surface area contributed by atoms with Crippen LogP contribution >= 0.6 is 59.1 Å². The Kier molecular flexibility index (Phi) is 5.60. The predicted octanol–water partition coefficient (Wildman–Crippen LogP) is 5.68. The van der Waals surface area contributed by atoms with E-state index in [0.29, 0.717) is 0 Å². The minimum Gasteiger partial charge on any atom is -0.312 e. The summed E-state index contributed by atoms with van der Waals surface area (Å²) in [6.45, 7) is 0. The first-order chi connectivity index (χ1) is 8.99. The van der Waals surface area contributed by atoms with Crippen LogP contribution in [0.3, 0.4) is 0 Å². The molecule has 0 saturated heterocycles. The first kappa shape index (κ1) is 15.6. The lowest BCUT2D eigenvalue weighted by Crippen LogP contribution is -2.17. The van der Waals surface area contributed by atoms with Crippen LogP contribution in [0.5, 0.6) is 0 Å². The third-order valence-electron chi connectivity index (χ3n) is 2.72. The molecule has 0 fully saturated rings. The summed E-state index contributed by atoms with van der Waals surface area (Å²) in [5.74, 6) is -0.215. The fraction of sp³-hybridized carbons (Fsp3) is 0.231. The van der Waals surface area contributed by atoms with Gasteiger partial charge in [-0.25, -0.2) is 4.39 Å². The Morgan fingerprint density at radius 3 is 2.47 bits per heavy atom. The molecule has 102 valence electrons. The minimum atomic E-state index is -0.215. The molecule has 1 aromatic heterocycles. The highest BCUT2D eigenvalue weighted by Crippen LogP contribution is 2.36. The van der Waals surface area contributed by atoms with Crippen LogP contribution in [0, 0.1) is 5.82 Å². The van der Waals surface area contributed by atoms with E-state index in [4.69, 9.17) is 0 Å². The Bertz CT molecular complexity index is 546. The van der Waals surface area contributed by atoms with Crippen LogP contribution in [0.15, 0.2) is 37.0 Å². The molecule has 19 heavy (non-hydrogen) atoms. The molecule has 0 aliphatic carbocycles. The lowest BCUT2D eigenvalue weighted by molar-refractivity contribution is 0.591. The van der Waals surface area contributed by atoms with Gasteiger partial charge in [0.05, 0.1) is 3.79 Å². The van der Waals surface area contributed by atoms with E-state index in [9.17, 15) is 4.39 Å². The Morgan fingerprint density at radius 1 is 1.21 bits per heavy atom. The summed E-state index contributed by atoms with van der Waals surface area (Å²) in [6.07, 6.45) is 0.742. The standard InChI is InChI=1S/C13H11Br3FNS/c1-18-11(12-6-10(15)13(16)19-12)4-7-2-8(14)5-9(17)3-7/h2-3,5-6,11,18H,4H2,1H3. The van der Waals surface area contributed by atoms with Crippen LogP contribution in [0.1, 0.15) is 16.5 Å². The summed E-state index contributed by atoms with van der Waals surface area (Å²) in [4.78, 5) is 1.21. The number of benzene rings is 1. The van der Waals surface area contributed by atoms with Gasteiger partial charge in [-0.2, -0.15) is 0 Å². The van der Waals surface area contributed by atoms with Crippen LogP contribution in [0.2, 0.25) is 0 Å². The summed E-state index contributed by atoms with van der Waals surface area (Å²) < 4.78 is 16.3. The molecular formula is C13H11Br3FNS. The van der Waals surface area contributed by atoms with Gasteiger partial charge in [0.2, 0.25) is 0 Å². The number of hydrogen-bond acceptors (Lipinski definition) is 2. The molecule has 1 unspecified atom stereocenters. The van der Waals surface area contributed by atoms with Gasteiger partial charge in [0.25, 0.3) is 0 Å². The molecule has 0 saturated carbocycles. The van der Waals surface area contributed by atoms with Gasteiger partial charge < -0.3 is 5.32 Å². The lowest BCUT2D eigenvalue weighted by Gasteiger charge is -2.14. The Morgan fingerprint density at radius 2 is 1.95 bits per heavy atom. The minimum absolute atomic E-state index is 0.168. The topological polar surface area (TPSA) is 12.0 Å². The molecule has 0 radical (unpaired) electrons. The summed E-state index contributed by atoms with van der Waals surface area (Å²) >= 11 is 12.0. The molecule has 2 rings (SSSR count). The second-order valence-electron chi connectivity index (χ2n) is 4.09. The molecule has 0 spiro atoms. The monoisotopic (exact) mass is 469 g/mol. The van der Waals surface area contributed by atoms with Gasteiger partial charge in [0, 0.05) is 19.9 Å². The van der Waals surface area contributed by atoms with E-state index < -0.39 is 0 Å². The first-order valence-corrected chi connectivity index (χ1v) is 8.76. The highest BCUT2D eigenvalue weighted by atomic mass is 79.9. The van der Waals surface area contributed by atoms with Crippen LogP contribution < -0.4 is 5.32 Å². The van der Waals surface area contributed by atoms with Gasteiger partial charge in [0.1, 0.15) is 5.82 Å². The molecule has 1 N–H and O–H groups in total. The molecule has 1 nitrogen and oxygen atoms in total. The number of hydrogen-bond donors (Lipinski definition) is 1. The third-order valence-corrected chi connectivity index (χ3v) is 6.55. The van der Waals surface area contributed by atoms with Crippen molar-refractivity contribution < 1.29 is 4.39 Å². The average molecular weight is 472 g/mol. The fourth-order valence-corrected chi connectivity index (χ4v) is 4.56. The number of halogens is 4. The van der Waals surface area contributed by atoms with E-state index in [2.05, 4.69) is 59.2 Å². The summed E-state index contributed by atoms with van der Waals surface area (Å²) in [5, 5.41) is 3.28. The molecule has 0 bridgehead atoms. The zero-order valence-corrected chi connectivity index (χ0v) is 15.6. The van der Waals surface area contributed by atoms with Crippen molar-refractivity contribution in [1.82, 2.24) is 5.32 Å². The first-order valence-electron chi connectivity index (χ1n) is 5.56. The number of likely N-dealkylation sites (N-methyl/N-ethyl adjacent to an activating group) is 1. The maximum Gasteiger partial charge on any atom is 0.124 e. The van der Waals surface area contributed by atoms with Gasteiger partial charge in [0.15, 0.2) is 0 Å². The summed E-state index contributed by atoms with van der Waals surface area (Å²) in [6, 6.07) is 7.25. The highest BCUT2D eigenvalue weighted by molar-refractivity contribution is 9.13. The van der Waals surface area contributed by atoms with Crippen molar-refractivity contribution in [2.45, 2.75) is 12.5 Å². The van der Waals surface area contributed by atoms with Gasteiger partial charge in [-0.1, -0.05) is 15.9 Å². The largest absolute Gasteiger partial charge is 0.312 e. The van der Waals surface area contributed by atoms with Crippen LogP contribution in [0.4, 0.5) is 4.39 Å². The number of thiophene rings is 1. The van der Waals surface area contributed by atoms with Crippen molar-refractivity contribution >= 4 is 59.1 Å². The Balaban J connectivity index is 2.23. The zero-order chi connectivity index (χ0) is 14.0. The van der Waals surface area contributed by atoms with E-state index in [-0.39, 0.29) is 11.9 Å². The molecule has 2 aromatic rings. The Hall–Kier alpha value is 0.250. The van der Waals surface area contributed by atoms with Crippen LogP contribution in [-0.4, -0.2) is 7.05 Å². The fourth-order valence-electron chi connectivity index (χ4n) is 1.84. The van der Waals surface area contributed by atoms with Crippen molar-refractivity contribution in [3.05, 3.63) is 53.3 Å². The third kappa shape index (κ3) is 4.11. The van der Waals surface area contributed by atoms with E-state index >= 15 is 0 Å². The SMILES string of the molecule is CNC(Cc1cc(F)cc(Br)c1)c1cc(Br)c(Br)s1. The lowest BCUT2D eigenvalue weighted by atomic mass is 10.0. The van der Waals surface area contributed by atoms with Crippen LogP contribution in [0.25, 0.3) is 0 Å². The van der Waals surface area contributed by atoms with E-state index in [1.807, 2.05) is 13.1 Å². The Labute approximate surface area is 141 Å². The molecular weight excluding hydrogens is 461 g/mol. The predicted molar refractivity (Wildman–Crippen MR) is 89.3 cm³/mol. The van der Waals surface area contributed by atoms with Gasteiger partial charge >= 0.3 is 0 Å². The second-order valence-corrected chi connectivity index (χ2v) is 8.27. The summed E-state index contributed by atoms with van der Waals surface area (Å²) in [5.41, 5.74) is 0.965. The molecule has 1 atom stereocenters. The van der Waals surface area contributed by atoms with Gasteiger partial charge in [-0.05, 0) is 75.2 Å². The molecule has 0 aliphatic heterocycles. The molecule has 6 heteroatoms. The average Bonchev–Trinajstić information content (AvgIpc) is 2.65. The van der Waals surface area contributed by atoms with E-state index in [1.54, 1.807) is 17.4 Å². The second kappa shape index (κ2) is 6.80. The maximum absolute atomic E-state index is 13.4. The zero-order valence-electron chi connectivity index (χ0n) is 10.0. The molecule has 1 aromatic carbocycles. The van der Waals surface area contributed by atoms with Crippen molar-refractivity contribution in [3.8, 4) is 0 Å². The van der Waals surface area contributed by atoms with Crippen molar-refractivity contribution in [2.75, 3.05) is 7.05 Å². The van der Waals surface area contributed by atoms with Crippen molar-refractivity contribution in [3.63, 3.8) is 0 Å².